The van der Waals surface area contributed by atoms with E-state index >= 15 is 0 Å². The van der Waals surface area contributed by atoms with Crippen molar-refractivity contribution in [3.8, 4) is 17.6 Å². The molecule has 0 spiro atoms. The Bertz CT molecular complexity index is 1580. The number of nitrogens with one attached hydrogen (secondary N) is 1. The number of carbonyl (C=O) groups excluding carboxylic acids is 1. The Hall–Kier alpha value is -3.94. The van der Waals surface area contributed by atoms with E-state index in [1.807, 2.05) is 29.2 Å². The van der Waals surface area contributed by atoms with Crippen LogP contribution < -0.4 is 10.2 Å². The van der Waals surface area contributed by atoms with Crippen molar-refractivity contribution in [3.05, 3.63) is 84.4 Å². The molecule has 262 valence electrons. The minimum Gasteiger partial charge on any atom is -0.481 e. The maximum absolute atomic E-state index is 13.0. The van der Waals surface area contributed by atoms with Crippen LogP contribution in [0.2, 0.25) is 0 Å². The summed E-state index contributed by atoms with van der Waals surface area (Å²) < 4.78 is 63.1. The highest BCUT2D eigenvalue weighted by Gasteiger charge is 2.38. The minimum atomic E-state index is -5.08. The predicted octanol–water partition coefficient (Wildman–Crippen LogP) is 4.92. The molecule has 3 heterocycles. The standard InChI is InChI=1S/C23H27N3O5S.C6H6ClN.C2HF3O2.ClH/c1-2-3-14-31-20-4-6-21(7-5-20)32(29,30)17-19-10-13-26(22(15-19)23(27)25-28)16-18-8-11-24-12-9-18;7-5-6-1-3-8-4-2-6;3-2(4,5)1(6)7;/h4-9,11-12,19,22,28H,10,13-17H2,1H3,(H,25,27);1-4H,5H2;(H,6,7);1H. The molecule has 1 aromatic carbocycles. The molecular formula is C31H35Cl2F3N4O7S. The van der Waals surface area contributed by atoms with Crippen LogP contribution in [0.5, 0.6) is 5.75 Å². The number of piperidine rings is 1. The summed E-state index contributed by atoms with van der Waals surface area (Å²) in [6.45, 7) is 3.03. The molecule has 1 saturated heterocycles. The summed E-state index contributed by atoms with van der Waals surface area (Å²) in [5.41, 5.74) is 3.83. The molecule has 2 aromatic heterocycles. The number of nitrogens with zero attached hydrogens (tertiary/aromatic N) is 3. The molecule has 2 atom stereocenters. The maximum atomic E-state index is 13.0. The summed E-state index contributed by atoms with van der Waals surface area (Å²) in [7, 11) is -3.54. The number of pyridine rings is 2. The Morgan fingerprint density at radius 3 is 2.04 bits per heavy atom. The van der Waals surface area contributed by atoms with Gasteiger partial charge in [0, 0.05) is 37.2 Å². The third-order valence-corrected chi connectivity index (χ3v) is 8.85. The number of ether oxygens (including phenoxy) is 1. The van der Waals surface area contributed by atoms with Crippen LogP contribution >= 0.6 is 24.0 Å². The highest BCUT2D eigenvalue weighted by molar-refractivity contribution is 7.91. The topological polar surface area (TPSA) is 159 Å². The van der Waals surface area contributed by atoms with E-state index in [4.69, 9.17) is 26.2 Å². The van der Waals surface area contributed by atoms with Gasteiger partial charge in [0.05, 0.1) is 16.7 Å². The van der Waals surface area contributed by atoms with Crippen LogP contribution in [0.3, 0.4) is 0 Å². The van der Waals surface area contributed by atoms with E-state index in [0.717, 1.165) is 11.1 Å². The third kappa shape index (κ3) is 14.9. The van der Waals surface area contributed by atoms with Crippen LogP contribution in [-0.4, -0.2) is 76.6 Å². The second-order valence-corrected chi connectivity index (χ2v) is 12.3. The summed E-state index contributed by atoms with van der Waals surface area (Å²) in [5, 5.41) is 16.3. The summed E-state index contributed by atoms with van der Waals surface area (Å²) in [6, 6.07) is 13.2. The second kappa shape index (κ2) is 21.1. The first-order valence-corrected chi connectivity index (χ1v) is 16.2. The summed E-state index contributed by atoms with van der Waals surface area (Å²) in [4.78, 5) is 31.2. The summed E-state index contributed by atoms with van der Waals surface area (Å²) in [5.74, 6) is 3.09. The number of carboxylic acid groups (broad SMARTS) is 1. The lowest BCUT2D eigenvalue weighted by molar-refractivity contribution is -0.192. The molecular weight excluding hydrogens is 700 g/mol. The van der Waals surface area contributed by atoms with Crippen LogP contribution in [0, 0.1) is 17.8 Å². The van der Waals surface area contributed by atoms with Gasteiger partial charge in [-0.05, 0) is 91.9 Å². The largest absolute Gasteiger partial charge is 0.490 e. The molecule has 3 N–H and O–H groups in total. The molecule has 1 fully saturated rings. The van der Waals surface area contributed by atoms with Crippen molar-refractivity contribution >= 4 is 45.7 Å². The van der Waals surface area contributed by atoms with Gasteiger partial charge in [0.2, 0.25) is 0 Å². The zero-order chi connectivity index (χ0) is 34.9. The van der Waals surface area contributed by atoms with E-state index in [-0.39, 0.29) is 35.6 Å². The van der Waals surface area contributed by atoms with Gasteiger partial charge in [0.1, 0.15) is 12.4 Å². The summed E-state index contributed by atoms with van der Waals surface area (Å²) >= 11 is 5.50. The van der Waals surface area contributed by atoms with Gasteiger partial charge in [0.25, 0.3) is 5.91 Å². The predicted molar refractivity (Wildman–Crippen MR) is 173 cm³/mol. The van der Waals surface area contributed by atoms with Crippen molar-refractivity contribution in [2.24, 2.45) is 5.92 Å². The smallest absolute Gasteiger partial charge is 0.481 e. The molecule has 0 aliphatic carbocycles. The number of benzene rings is 1. The molecule has 0 bridgehead atoms. The van der Waals surface area contributed by atoms with E-state index in [0.29, 0.717) is 37.6 Å². The van der Waals surface area contributed by atoms with E-state index in [1.165, 1.54) is 12.1 Å². The number of halogens is 5. The van der Waals surface area contributed by atoms with Crippen LogP contribution in [0.25, 0.3) is 0 Å². The van der Waals surface area contributed by atoms with Gasteiger partial charge in [-0.1, -0.05) is 5.92 Å². The molecule has 4 rings (SSSR count). The van der Waals surface area contributed by atoms with Crippen molar-refractivity contribution < 1.29 is 46.2 Å². The lowest BCUT2D eigenvalue weighted by Gasteiger charge is -2.38. The van der Waals surface area contributed by atoms with E-state index in [2.05, 4.69) is 21.8 Å². The van der Waals surface area contributed by atoms with Crippen molar-refractivity contribution in [2.45, 2.75) is 49.3 Å². The second-order valence-electron chi connectivity index (χ2n) is 9.97. The van der Waals surface area contributed by atoms with Crippen LogP contribution in [-0.2, 0) is 31.9 Å². The van der Waals surface area contributed by atoms with Gasteiger partial charge in [-0.15, -0.1) is 29.9 Å². The molecule has 0 radical (unpaired) electrons. The fraction of sp³-hybridized carbons (Fsp3) is 0.355. The monoisotopic (exact) mass is 734 g/mol. The van der Waals surface area contributed by atoms with Gasteiger partial charge < -0.3 is 9.84 Å². The first kappa shape index (κ1) is 42.1. The molecule has 17 heteroatoms. The maximum Gasteiger partial charge on any atom is 0.490 e. The fourth-order valence-electron chi connectivity index (χ4n) is 4.31. The molecule has 48 heavy (non-hydrogen) atoms. The van der Waals surface area contributed by atoms with Gasteiger partial charge in [-0.3, -0.25) is 24.9 Å². The number of aromatic nitrogens is 2. The number of carbonyl (C=O) groups is 2. The number of hydrogen-bond donors (Lipinski definition) is 3. The Balaban J connectivity index is 0.000000593. The summed E-state index contributed by atoms with van der Waals surface area (Å²) in [6.07, 6.45) is 2.73. The quantitative estimate of drug-likeness (QED) is 0.119. The van der Waals surface area contributed by atoms with Crippen molar-refractivity contribution in [3.63, 3.8) is 0 Å². The molecule has 1 amide bonds. The Kier molecular flexibility index (Phi) is 18.5. The van der Waals surface area contributed by atoms with Crippen molar-refractivity contribution in [2.75, 3.05) is 18.9 Å². The number of hydroxylamine groups is 1. The Morgan fingerprint density at radius 1 is 1.04 bits per heavy atom. The molecule has 3 aromatic rings. The number of rotatable bonds is 9. The Morgan fingerprint density at radius 2 is 1.58 bits per heavy atom. The number of carboxylic acids is 1. The van der Waals surface area contributed by atoms with Gasteiger partial charge >= 0.3 is 12.1 Å². The number of alkyl halides is 4. The molecule has 1 aliphatic heterocycles. The zero-order valence-corrected chi connectivity index (χ0v) is 28.0. The zero-order valence-electron chi connectivity index (χ0n) is 25.6. The van der Waals surface area contributed by atoms with E-state index < -0.39 is 33.9 Å². The number of likely N-dealkylation sites (tertiary alicyclic amines) is 1. The Labute approximate surface area is 287 Å². The van der Waals surface area contributed by atoms with Gasteiger partial charge in [-0.2, -0.15) is 13.2 Å². The van der Waals surface area contributed by atoms with Gasteiger partial charge in [-0.25, -0.2) is 18.7 Å². The average molecular weight is 736 g/mol. The van der Waals surface area contributed by atoms with Gasteiger partial charge in [0.15, 0.2) is 9.84 Å². The van der Waals surface area contributed by atoms with Crippen molar-refractivity contribution in [1.29, 1.82) is 0 Å². The molecule has 0 saturated carbocycles. The molecule has 11 nitrogen and oxygen atoms in total. The lowest BCUT2D eigenvalue weighted by atomic mass is 9.91. The molecule has 1 aliphatic rings. The van der Waals surface area contributed by atoms with Crippen LogP contribution in [0.1, 0.15) is 30.9 Å². The number of amides is 1. The third-order valence-electron chi connectivity index (χ3n) is 6.64. The van der Waals surface area contributed by atoms with Crippen molar-refractivity contribution in [1.82, 2.24) is 20.3 Å². The number of aliphatic carboxylic acids is 1. The SMILES string of the molecule is CC#CCOc1ccc(S(=O)(=O)CC2CCN(Cc3ccncc3)C(C(=O)NO)C2)cc1.Cl.ClCc1ccncc1.O=C(O)C(F)(F)F. The van der Waals surface area contributed by atoms with Crippen LogP contribution in [0.4, 0.5) is 13.2 Å². The van der Waals surface area contributed by atoms with E-state index in [9.17, 15) is 31.6 Å². The normalized spacial score (nSPS) is 15.8. The minimum absolute atomic E-state index is 0. The first-order valence-electron chi connectivity index (χ1n) is 14.0. The average Bonchev–Trinajstić information content (AvgIpc) is 3.06. The lowest BCUT2D eigenvalue weighted by Crippen LogP contribution is -2.51. The van der Waals surface area contributed by atoms with E-state index in [1.54, 1.807) is 49.3 Å². The number of sulfone groups is 1. The highest BCUT2D eigenvalue weighted by Crippen LogP contribution is 2.28. The van der Waals surface area contributed by atoms with Crippen LogP contribution in [0.15, 0.2) is 78.2 Å². The highest BCUT2D eigenvalue weighted by atomic mass is 35.5. The number of hydrogen-bond acceptors (Lipinski definition) is 9. The molecule has 2 unspecified atom stereocenters. The first-order chi connectivity index (χ1) is 22.3. The fourth-order valence-corrected chi connectivity index (χ4v) is 6.16.